The van der Waals surface area contributed by atoms with Crippen LogP contribution in [0.1, 0.15) is 46.0 Å². The Morgan fingerprint density at radius 3 is 2.58 bits per heavy atom. The van der Waals surface area contributed by atoms with E-state index < -0.39 is 0 Å². The molecule has 0 radical (unpaired) electrons. The maximum Gasteiger partial charge on any atom is 0.139 e. The smallest absolute Gasteiger partial charge is 0.139 e. The van der Waals surface area contributed by atoms with Gasteiger partial charge in [0.05, 0.1) is 11.8 Å². The Labute approximate surface area is 117 Å². The van der Waals surface area contributed by atoms with Crippen LogP contribution in [0.5, 0.6) is 11.5 Å². The van der Waals surface area contributed by atoms with E-state index in [9.17, 15) is 5.11 Å². The van der Waals surface area contributed by atoms with Crippen LogP contribution in [0.15, 0.2) is 18.2 Å². The third kappa shape index (κ3) is 5.41. The normalized spacial score (nSPS) is 12.2. The van der Waals surface area contributed by atoms with Crippen molar-refractivity contribution >= 4 is 5.69 Å². The summed E-state index contributed by atoms with van der Waals surface area (Å²) in [4.78, 5) is 1.88. The van der Waals surface area contributed by atoms with Crippen molar-refractivity contribution in [3.63, 3.8) is 0 Å². The SMILES string of the molecule is CCCCCCC(C)Oc1ccc(O)c(N(C)C)c1. The molecule has 1 atom stereocenters. The number of benzene rings is 1. The number of aromatic hydroxyl groups is 1. The third-order valence-corrected chi connectivity index (χ3v) is 3.23. The quantitative estimate of drug-likeness (QED) is 0.715. The molecule has 0 aliphatic rings. The van der Waals surface area contributed by atoms with Gasteiger partial charge in [-0.25, -0.2) is 0 Å². The lowest BCUT2D eigenvalue weighted by molar-refractivity contribution is 0.206. The fraction of sp³-hybridized carbons (Fsp3) is 0.625. The second-order valence-corrected chi connectivity index (χ2v) is 5.32. The highest BCUT2D eigenvalue weighted by molar-refractivity contribution is 5.59. The monoisotopic (exact) mass is 265 g/mol. The molecular formula is C16H27NO2. The minimum absolute atomic E-state index is 0.219. The van der Waals surface area contributed by atoms with E-state index >= 15 is 0 Å². The molecule has 0 amide bonds. The van der Waals surface area contributed by atoms with E-state index in [0.717, 1.165) is 17.9 Å². The third-order valence-electron chi connectivity index (χ3n) is 3.23. The molecule has 19 heavy (non-hydrogen) atoms. The Morgan fingerprint density at radius 1 is 1.21 bits per heavy atom. The number of hydrogen-bond donors (Lipinski definition) is 1. The molecule has 0 fully saturated rings. The van der Waals surface area contributed by atoms with Gasteiger partial charge in [0.1, 0.15) is 11.5 Å². The van der Waals surface area contributed by atoms with Crippen LogP contribution >= 0.6 is 0 Å². The number of phenolic OH excluding ortho intramolecular Hbond substituents is 1. The molecule has 3 nitrogen and oxygen atoms in total. The molecular weight excluding hydrogens is 238 g/mol. The first-order valence-electron chi connectivity index (χ1n) is 7.21. The number of ether oxygens (including phenoxy) is 1. The number of rotatable bonds is 8. The Bertz CT molecular complexity index is 377. The van der Waals surface area contributed by atoms with Gasteiger partial charge in [0, 0.05) is 20.2 Å². The summed E-state index contributed by atoms with van der Waals surface area (Å²) in [6.45, 7) is 4.33. The van der Waals surface area contributed by atoms with Crippen LogP contribution in [-0.2, 0) is 0 Å². The molecule has 0 spiro atoms. The van der Waals surface area contributed by atoms with E-state index in [1.165, 1.54) is 25.7 Å². The summed E-state index contributed by atoms with van der Waals surface area (Å²) >= 11 is 0. The fourth-order valence-electron chi connectivity index (χ4n) is 2.08. The van der Waals surface area contributed by atoms with Gasteiger partial charge in [-0.05, 0) is 31.9 Å². The standard InChI is InChI=1S/C16H27NO2/c1-5-6-7-8-9-13(2)19-14-10-11-16(18)15(12-14)17(3)4/h10-13,18H,5-9H2,1-4H3. The van der Waals surface area contributed by atoms with Crippen molar-refractivity contribution in [2.24, 2.45) is 0 Å². The van der Waals surface area contributed by atoms with E-state index in [0.29, 0.717) is 0 Å². The van der Waals surface area contributed by atoms with Gasteiger partial charge in [-0.2, -0.15) is 0 Å². The molecule has 108 valence electrons. The molecule has 0 aliphatic heterocycles. The molecule has 1 rings (SSSR count). The highest BCUT2D eigenvalue weighted by Gasteiger charge is 2.08. The van der Waals surface area contributed by atoms with E-state index in [1.54, 1.807) is 6.07 Å². The molecule has 0 heterocycles. The molecule has 0 saturated carbocycles. The lowest BCUT2D eigenvalue weighted by Crippen LogP contribution is -2.13. The van der Waals surface area contributed by atoms with Crippen LogP contribution in [-0.4, -0.2) is 25.3 Å². The molecule has 3 heteroatoms. The zero-order valence-corrected chi connectivity index (χ0v) is 12.6. The van der Waals surface area contributed by atoms with Gasteiger partial charge in [-0.1, -0.05) is 26.2 Å². The average molecular weight is 265 g/mol. The van der Waals surface area contributed by atoms with Crippen molar-refractivity contribution in [2.45, 2.75) is 52.1 Å². The number of hydrogen-bond acceptors (Lipinski definition) is 3. The maximum absolute atomic E-state index is 9.74. The topological polar surface area (TPSA) is 32.7 Å². The van der Waals surface area contributed by atoms with E-state index in [2.05, 4.69) is 13.8 Å². The first-order chi connectivity index (χ1) is 9.04. The Kier molecular flexibility index (Phi) is 6.54. The summed E-state index contributed by atoms with van der Waals surface area (Å²) < 4.78 is 5.90. The van der Waals surface area contributed by atoms with Crippen molar-refractivity contribution in [3.8, 4) is 11.5 Å². The average Bonchev–Trinajstić information content (AvgIpc) is 2.36. The van der Waals surface area contributed by atoms with Gasteiger partial charge >= 0.3 is 0 Å². The molecule has 0 aromatic heterocycles. The van der Waals surface area contributed by atoms with Crippen LogP contribution < -0.4 is 9.64 Å². The molecule has 1 N–H and O–H groups in total. The number of unbranched alkanes of at least 4 members (excludes halogenated alkanes) is 3. The molecule has 0 bridgehead atoms. The molecule has 0 aliphatic carbocycles. The van der Waals surface area contributed by atoms with Crippen LogP contribution in [0.3, 0.4) is 0 Å². The number of phenols is 1. The zero-order valence-electron chi connectivity index (χ0n) is 12.6. The molecule has 1 unspecified atom stereocenters. The summed E-state index contributed by atoms with van der Waals surface area (Å²) in [5.74, 6) is 1.11. The maximum atomic E-state index is 9.74. The van der Waals surface area contributed by atoms with Crippen LogP contribution in [0.25, 0.3) is 0 Å². The highest BCUT2D eigenvalue weighted by Crippen LogP contribution is 2.30. The van der Waals surface area contributed by atoms with Gasteiger partial charge in [0.15, 0.2) is 0 Å². The van der Waals surface area contributed by atoms with E-state index in [4.69, 9.17) is 4.74 Å². The molecule has 1 aromatic rings. The summed E-state index contributed by atoms with van der Waals surface area (Å²) in [6, 6.07) is 5.40. The first-order valence-corrected chi connectivity index (χ1v) is 7.21. The van der Waals surface area contributed by atoms with Crippen molar-refractivity contribution in [3.05, 3.63) is 18.2 Å². The number of anilines is 1. The summed E-state index contributed by atoms with van der Waals surface area (Å²) in [5.41, 5.74) is 0.788. The summed E-state index contributed by atoms with van der Waals surface area (Å²) in [6.07, 6.45) is 6.36. The zero-order chi connectivity index (χ0) is 14.3. The van der Waals surface area contributed by atoms with Gasteiger partial charge in [0.2, 0.25) is 0 Å². The first kappa shape index (κ1) is 15.7. The van der Waals surface area contributed by atoms with E-state index in [-0.39, 0.29) is 11.9 Å². The highest BCUT2D eigenvalue weighted by atomic mass is 16.5. The lowest BCUT2D eigenvalue weighted by atomic mass is 10.1. The van der Waals surface area contributed by atoms with Gasteiger partial charge in [-0.3, -0.25) is 0 Å². The number of nitrogens with zero attached hydrogens (tertiary/aromatic N) is 1. The van der Waals surface area contributed by atoms with Crippen molar-refractivity contribution in [1.82, 2.24) is 0 Å². The largest absolute Gasteiger partial charge is 0.506 e. The minimum atomic E-state index is 0.219. The van der Waals surface area contributed by atoms with Crippen LogP contribution in [0, 0.1) is 0 Å². The second kappa shape index (κ2) is 7.93. The van der Waals surface area contributed by atoms with Crippen molar-refractivity contribution in [1.29, 1.82) is 0 Å². The summed E-state index contributed by atoms with van der Waals surface area (Å²) in [7, 11) is 3.82. The van der Waals surface area contributed by atoms with Crippen molar-refractivity contribution < 1.29 is 9.84 Å². The predicted molar refractivity (Wildman–Crippen MR) is 81.3 cm³/mol. The lowest BCUT2D eigenvalue weighted by Gasteiger charge is -2.18. The Morgan fingerprint density at radius 2 is 1.95 bits per heavy atom. The van der Waals surface area contributed by atoms with Crippen LogP contribution in [0.4, 0.5) is 5.69 Å². The Hall–Kier alpha value is -1.38. The summed E-state index contributed by atoms with van der Waals surface area (Å²) in [5, 5.41) is 9.74. The molecule has 1 aromatic carbocycles. The Balaban J connectivity index is 2.50. The van der Waals surface area contributed by atoms with Crippen LogP contribution in [0.2, 0.25) is 0 Å². The second-order valence-electron chi connectivity index (χ2n) is 5.32. The van der Waals surface area contributed by atoms with Gasteiger partial charge in [0.25, 0.3) is 0 Å². The van der Waals surface area contributed by atoms with Crippen molar-refractivity contribution in [2.75, 3.05) is 19.0 Å². The molecule has 0 saturated heterocycles. The fourth-order valence-corrected chi connectivity index (χ4v) is 2.08. The predicted octanol–water partition coefficient (Wildman–Crippen LogP) is 4.20. The minimum Gasteiger partial charge on any atom is -0.506 e. The van der Waals surface area contributed by atoms with Gasteiger partial charge in [-0.15, -0.1) is 0 Å². The van der Waals surface area contributed by atoms with E-state index in [1.807, 2.05) is 31.1 Å². The van der Waals surface area contributed by atoms with Gasteiger partial charge < -0.3 is 14.7 Å².